The van der Waals surface area contributed by atoms with Crippen LogP contribution in [0.25, 0.3) is 11.1 Å². The molecule has 2 atom stereocenters. The van der Waals surface area contributed by atoms with Crippen molar-refractivity contribution in [3.05, 3.63) is 58.9 Å². The molecule has 1 N–H and O–H groups in total. The molecule has 0 spiro atoms. The van der Waals surface area contributed by atoms with Crippen molar-refractivity contribution < 1.29 is 22.7 Å². The van der Waals surface area contributed by atoms with Gasteiger partial charge in [-0.05, 0) is 78.6 Å². The zero-order chi connectivity index (χ0) is 22.6. The summed E-state index contributed by atoms with van der Waals surface area (Å²) in [6.07, 6.45) is 2.30. The molecular weight excluding hydrogens is 417 g/mol. The summed E-state index contributed by atoms with van der Waals surface area (Å²) in [4.78, 5) is 15.2. The van der Waals surface area contributed by atoms with Gasteiger partial charge >= 0.3 is 6.09 Å². The summed E-state index contributed by atoms with van der Waals surface area (Å²) in [7, 11) is 0. The van der Waals surface area contributed by atoms with Crippen molar-refractivity contribution in [2.24, 2.45) is 11.3 Å². The SMILES string of the molecule is CC1(C)Cc2ccc(-c3ccc(F)c(F)c3F)cc2C1NC(=O)O[C@H]1CN2CCC1CC2. The molecule has 0 saturated carbocycles. The minimum Gasteiger partial charge on any atom is -0.445 e. The van der Waals surface area contributed by atoms with E-state index in [-0.39, 0.29) is 23.1 Å². The van der Waals surface area contributed by atoms with Gasteiger partial charge in [0.05, 0.1) is 6.04 Å². The first-order valence-corrected chi connectivity index (χ1v) is 11.2. The predicted molar refractivity (Wildman–Crippen MR) is 115 cm³/mol. The number of nitrogens with one attached hydrogen (secondary N) is 1. The summed E-state index contributed by atoms with van der Waals surface area (Å²) in [6.45, 7) is 7.04. The standard InChI is InChI=1S/C25H27F3N2O2/c1-25(2)12-16-4-3-15(17-5-6-19(26)22(28)21(17)27)11-18(16)23(25)29-24(31)32-20-13-30-9-7-14(20)8-10-30/h3-6,11,14,20,23H,7-10,12-13H2,1-2H3,(H,29,31)/t20-,23?/m0/s1. The van der Waals surface area contributed by atoms with Gasteiger partial charge in [-0.15, -0.1) is 0 Å². The van der Waals surface area contributed by atoms with Gasteiger partial charge in [-0.25, -0.2) is 18.0 Å². The molecule has 7 heteroatoms. The molecule has 4 aliphatic rings. The summed E-state index contributed by atoms with van der Waals surface area (Å²) in [5.74, 6) is -3.51. The van der Waals surface area contributed by atoms with Crippen molar-refractivity contribution >= 4 is 6.09 Å². The third-order valence-corrected chi connectivity index (χ3v) is 7.35. The van der Waals surface area contributed by atoms with E-state index in [0.717, 1.165) is 56.1 Å². The first-order valence-electron chi connectivity index (χ1n) is 11.2. The van der Waals surface area contributed by atoms with Gasteiger partial charge in [-0.1, -0.05) is 26.0 Å². The lowest BCUT2D eigenvalue weighted by Gasteiger charge is -2.44. The highest BCUT2D eigenvalue weighted by molar-refractivity contribution is 5.71. The van der Waals surface area contributed by atoms with E-state index >= 15 is 0 Å². The van der Waals surface area contributed by atoms with Crippen LogP contribution in [0, 0.1) is 28.8 Å². The second kappa shape index (κ2) is 7.80. The van der Waals surface area contributed by atoms with E-state index in [1.54, 1.807) is 12.1 Å². The minimum absolute atomic E-state index is 0.00925. The lowest BCUT2D eigenvalue weighted by atomic mass is 9.85. The fourth-order valence-corrected chi connectivity index (χ4v) is 5.56. The van der Waals surface area contributed by atoms with E-state index in [4.69, 9.17) is 4.74 Å². The number of piperidine rings is 3. The number of rotatable bonds is 3. The third-order valence-electron chi connectivity index (χ3n) is 7.35. The molecule has 3 saturated heterocycles. The lowest BCUT2D eigenvalue weighted by molar-refractivity contribution is -0.0348. The number of benzene rings is 2. The zero-order valence-corrected chi connectivity index (χ0v) is 18.3. The van der Waals surface area contributed by atoms with Crippen LogP contribution in [0.4, 0.5) is 18.0 Å². The van der Waals surface area contributed by atoms with Crippen molar-refractivity contribution in [3.63, 3.8) is 0 Å². The molecule has 2 aromatic rings. The maximum absolute atomic E-state index is 14.4. The van der Waals surface area contributed by atoms with Gasteiger partial charge in [0.15, 0.2) is 17.5 Å². The van der Waals surface area contributed by atoms with Crippen molar-refractivity contribution in [1.82, 2.24) is 10.2 Å². The van der Waals surface area contributed by atoms with Gasteiger partial charge in [0.1, 0.15) is 6.10 Å². The molecule has 2 aromatic carbocycles. The number of nitrogens with zero attached hydrogens (tertiary/aromatic N) is 1. The van der Waals surface area contributed by atoms with Gasteiger partial charge in [0.2, 0.25) is 0 Å². The number of ether oxygens (including phenoxy) is 1. The van der Waals surface area contributed by atoms with Crippen LogP contribution in [-0.4, -0.2) is 36.7 Å². The lowest BCUT2D eigenvalue weighted by Crippen LogP contribution is -2.53. The highest BCUT2D eigenvalue weighted by Gasteiger charge is 2.42. The van der Waals surface area contributed by atoms with Crippen molar-refractivity contribution in [2.45, 2.75) is 45.3 Å². The van der Waals surface area contributed by atoms with Crippen LogP contribution in [0.1, 0.15) is 43.9 Å². The third kappa shape index (κ3) is 3.66. The summed E-state index contributed by atoms with van der Waals surface area (Å²) in [5, 5.41) is 3.04. The van der Waals surface area contributed by atoms with Crippen LogP contribution in [-0.2, 0) is 11.2 Å². The molecule has 170 valence electrons. The molecule has 3 aliphatic heterocycles. The van der Waals surface area contributed by atoms with Gasteiger partial charge in [-0.2, -0.15) is 0 Å². The van der Waals surface area contributed by atoms with E-state index in [2.05, 4.69) is 24.1 Å². The van der Waals surface area contributed by atoms with Crippen molar-refractivity contribution in [1.29, 1.82) is 0 Å². The fraction of sp³-hybridized carbons (Fsp3) is 0.480. The predicted octanol–water partition coefficient (Wildman–Crippen LogP) is 5.21. The van der Waals surface area contributed by atoms with E-state index in [0.29, 0.717) is 11.5 Å². The Morgan fingerprint density at radius 3 is 2.53 bits per heavy atom. The number of hydrogen-bond donors (Lipinski definition) is 1. The highest BCUT2D eigenvalue weighted by atomic mass is 19.2. The smallest absolute Gasteiger partial charge is 0.407 e. The van der Waals surface area contributed by atoms with Crippen LogP contribution >= 0.6 is 0 Å². The molecule has 0 aromatic heterocycles. The fourth-order valence-electron chi connectivity index (χ4n) is 5.56. The van der Waals surface area contributed by atoms with Gasteiger partial charge in [-0.3, -0.25) is 4.90 Å². The monoisotopic (exact) mass is 444 g/mol. The summed E-state index contributed by atoms with van der Waals surface area (Å²) in [5.41, 5.74) is 2.04. The largest absolute Gasteiger partial charge is 0.445 e. The van der Waals surface area contributed by atoms with Crippen LogP contribution < -0.4 is 5.32 Å². The van der Waals surface area contributed by atoms with Crippen LogP contribution in [0.5, 0.6) is 0 Å². The summed E-state index contributed by atoms with van der Waals surface area (Å²) in [6, 6.07) is 7.16. The Kier molecular flexibility index (Phi) is 5.19. The average Bonchev–Trinajstić information content (AvgIpc) is 3.02. The second-order valence-electron chi connectivity index (χ2n) is 9.96. The van der Waals surface area contributed by atoms with Gasteiger partial charge < -0.3 is 10.1 Å². The topological polar surface area (TPSA) is 41.6 Å². The maximum atomic E-state index is 14.4. The first kappa shape index (κ1) is 21.3. The Labute approximate surface area is 185 Å². The van der Waals surface area contributed by atoms with Crippen LogP contribution in [0.15, 0.2) is 30.3 Å². The Balaban J connectivity index is 1.39. The van der Waals surface area contributed by atoms with Crippen molar-refractivity contribution in [2.75, 3.05) is 19.6 Å². The number of carbonyl (C=O) groups excluding carboxylic acids is 1. The first-order chi connectivity index (χ1) is 15.2. The molecule has 0 radical (unpaired) electrons. The molecule has 2 bridgehead atoms. The van der Waals surface area contributed by atoms with E-state index in [9.17, 15) is 18.0 Å². The number of halogens is 3. The summed E-state index contributed by atoms with van der Waals surface area (Å²) < 4.78 is 47.4. The molecule has 3 fully saturated rings. The minimum atomic E-state index is -1.49. The normalized spacial score (nSPS) is 27.8. The summed E-state index contributed by atoms with van der Waals surface area (Å²) >= 11 is 0. The number of amides is 1. The van der Waals surface area contributed by atoms with E-state index < -0.39 is 23.5 Å². The zero-order valence-electron chi connectivity index (χ0n) is 18.3. The molecule has 1 amide bonds. The number of hydrogen-bond acceptors (Lipinski definition) is 3. The Morgan fingerprint density at radius 2 is 1.84 bits per heavy atom. The molecule has 3 heterocycles. The highest BCUT2D eigenvalue weighted by Crippen LogP contribution is 2.46. The Hall–Kier alpha value is -2.54. The Morgan fingerprint density at radius 1 is 1.09 bits per heavy atom. The van der Waals surface area contributed by atoms with E-state index in [1.807, 2.05) is 6.07 Å². The van der Waals surface area contributed by atoms with Crippen molar-refractivity contribution in [3.8, 4) is 11.1 Å². The molecular formula is C25H27F3N2O2. The second-order valence-corrected chi connectivity index (χ2v) is 9.96. The van der Waals surface area contributed by atoms with Gasteiger partial charge in [0, 0.05) is 12.1 Å². The van der Waals surface area contributed by atoms with Crippen LogP contribution in [0.2, 0.25) is 0 Å². The number of fused-ring (bicyclic) bond motifs is 4. The number of alkyl carbamates (subject to hydrolysis) is 1. The van der Waals surface area contributed by atoms with Crippen LogP contribution in [0.3, 0.4) is 0 Å². The average molecular weight is 444 g/mol. The molecule has 1 unspecified atom stereocenters. The number of carbonyl (C=O) groups is 1. The molecule has 1 aliphatic carbocycles. The quantitative estimate of drug-likeness (QED) is 0.661. The molecule has 32 heavy (non-hydrogen) atoms. The molecule has 4 nitrogen and oxygen atoms in total. The Bertz CT molecular complexity index is 1060. The van der Waals surface area contributed by atoms with Gasteiger partial charge in [0.25, 0.3) is 0 Å². The maximum Gasteiger partial charge on any atom is 0.407 e. The van der Waals surface area contributed by atoms with E-state index in [1.165, 1.54) is 6.07 Å². The molecule has 6 rings (SSSR count).